The van der Waals surface area contributed by atoms with E-state index in [0.29, 0.717) is 6.07 Å². The van der Waals surface area contributed by atoms with Crippen molar-refractivity contribution < 1.29 is 23.2 Å². The Hall–Kier alpha value is -1.15. The Balaban J connectivity index is 3.53. The van der Waals surface area contributed by atoms with Crippen LogP contribution in [-0.2, 0) is 12.8 Å². The molecule has 88 valence electrons. The van der Waals surface area contributed by atoms with Crippen LogP contribution in [0.15, 0.2) is 16.6 Å². The van der Waals surface area contributed by atoms with Gasteiger partial charge in [-0.2, -0.15) is 13.2 Å². The van der Waals surface area contributed by atoms with Crippen molar-refractivity contribution in [3.8, 4) is 0 Å². The van der Waals surface area contributed by atoms with Gasteiger partial charge in [-0.15, -0.1) is 0 Å². The molecule has 4 nitrogen and oxygen atoms in total. The molecule has 0 aliphatic carbocycles. The van der Waals surface area contributed by atoms with E-state index in [0.717, 1.165) is 6.07 Å². The molecule has 0 amide bonds. The molecular formula is C8H5BrF3NO3. The first-order chi connectivity index (χ1) is 7.27. The van der Waals surface area contributed by atoms with E-state index in [4.69, 9.17) is 5.11 Å². The fraction of sp³-hybridized carbons (Fsp3) is 0.250. The smallest absolute Gasteiger partial charge is 0.392 e. The largest absolute Gasteiger partial charge is 0.424 e. The van der Waals surface area contributed by atoms with Crippen LogP contribution >= 0.6 is 15.9 Å². The maximum atomic E-state index is 12.5. The van der Waals surface area contributed by atoms with Crippen molar-refractivity contribution in [1.29, 1.82) is 0 Å². The average Bonchev–Trinajstić information content (AvgIpc) is 2.14. The van der Waals surface area contributed by atoms with Crippen molar-refractivity contribution in [2.24, 2.45) is 0 Å². The third-order valence-electron chi connectivity index (χ3n) is 1.79. The lowest BCUT2D eigenvalue weighted by Crippen LogP contribution is -2.10. The van der Waals surface area contributed by atoms with Crippen LogP contribution in [0.3, 0.4) is 0 Å². The zero-order chi connectivity index (χ0) is 12.5. The molecule has 0 saturated heterocycles. The van der Waals surface area contributed by atoms with E-state index in [2.05, 4.69) is 15.9 Å². The third kappa shape index (κ3) is 2.50. The first-order valence-corrected chi connectivity index (χ1v) is 4.71. The number of hydrogen-bond donors (Lipinski definition) is 1. The molecule has 0 heterocycles. The van der Waals surface area contributed by atoms with Gasteiger partial charge in [0.25, 0.3) is 5.69 Å². The lowest BCUT2D eigenvalue weighted by molar-refractivity contribution is -0.388. The van der Waals surface area contributed by atoms with Gasteiger partial charge in [-0.05, 0) is 27.6 Å². The van der Waals surface area contributed by atoms with E-state index in [9.17, 15) is 23.3 Å². The maximum Gasteiger partial charge on any atom is 0.424 e. The molecule has 0 aromatic heterocycles. The summed E-state index contributed by atoms with van der Waals surface area (Å²) in [6.07, 6.45) is -4.82. The lowest BCUT2D eigenvalue weighted by Gasteiger charge is -2.10. The molecule has 16 heavy (non-hydrogen) atoms. The number of hydrogen-bond acceptors (Lipinski definition) is 3. The first kappa shape index (κ1) is 12.9. The second kappa shape index (κ2) is 4.38. The number of nitro groups is 1. The van der Waals surface area contributed by atoms with Crippen LogP contribution in [-0.4, -0.2) is 10.0 Å². The summed E-state index contributed by atoms with van der Waals surface area (Å²) in [6, 6.07) is 1.70. The molecule has 1 N–H and O–H groups in total. The summed E-state index contributed by atoms with van der Waals surface area (Å²) in [6.45, 7) is -0.572. The van der Waals surface area contributed by atoms with Gasteiger partial charge in [0.1, 0.15) is 5.56 Å². The van der Waals surface area contributed by atoms with E-state index in [1.54, 1.807) is 0 Å². The molecule has 0 unspecified atom stereocenters. The van der Waals surface area contributed by atoms with Gasteiger partial charge >= 0.3 is 6.18 Å². The minimum atomic E-state index is -4.82. The van der Waals surface area contributed by atoms with Gasteiger partial charge in [0.2, 0.25) is 0 Å². The summed E-state index contributed by atoms with van der Waals surface area (Å²) in [7, 11) is 0. The molecule has 0 aliphatic heterocycles. The number of aliphatic hydroxyl groups is 1. The Morgan fingerprint density at radius 1 is 1.44 bits per heavy atom. The van der Waals surface area contributed by atoms with Crippen molar-refractivity contribution >= 4 is 21.6 Å². The van der Waals surface area contributed by atoms with Gasteiger partial charge in [0.15, 0.2) is 0 Å². The lowest BCUT2D eigenvalue weighted by atomic mass is 10.1. The summed E-state index contributed by atoms with van der Waals surface area (Å²) < 4.78 is 37.1. The molecule has 1 aromatic carbocycles. The predicted octanol–water partition coefficient (Wildman–Crippen LogP) is 2.87. The molecular weight excluding hydrogens is 295 g/mol. The van der Waals surface area contributed by atoms with Crippen molar-refractivity contribution in [1.82, 2.24) is 0 Å². The van der Waals surface area contributed by atoms with Crippen molar-refractivity contribution in [3.05, 3.63) is 37.8 Å². The second-order valence-corrected chi connectivity index (χ2v) is 3.74. The highest BCUT2D eigenvalue weighted by Crippen LogP contribution is 2.41. The third-order valence-corrected chi connectivity index (χ3v) is 2.42. The van der Waals surface area contributed by atoms with Crippen LogP contribution < -0.4 is 0 Å². The van der Waals surface area contributed by atoms with E-state index in [1.807, 2.05) is 0 Å². The zero-order valence-electron chi connectivity index (χ0n) is 7.58. The van der Waals surface area contributed by atoms with Gasteiger partial charge < -0.3 is 5.11 Å². The van der Waals surface area contributed by atoms with E-state index < -0.39 is 33.4 Å². The molecule has 0 saturated carbocycles. The Morgan fingerprint density at radius 3 is 2.38 bits per heavy atom. The van der Waals surface area contributed by atoms with Crippen LogP contribution in [0.1, 0.15) is 11.1 Å². The monoisotopic (exact) mass is 299 g/mol. The van der Waals surface area contributed by atoms with Crippen molar-refractivity contribution in [2.45, 2.75) is 12.8 Å². The number of alkyl halides is 3. The molecule has 0 fully saturated rings. The first-order valence-electron chi connectivity index (χ1n) is 3.92. The highest BCUT2D eigenvalue weighted by Gasteiger charge is 2.40. The Morgan fingerprint density at radius 2 is 2.00 bits per heavy atom. The standard InChI is InChI=1S/C8H5BrF3NO3/c9-5-1-4(3-14)2-6(13(15)16)7(5)8(10,11)12/h1-2,14H,3H2. The second-order valence-electron chi connectivity index (χ2n) is 2.88. The molecule has 0 aliphatic rings. The van der Waals surface area contributed by atoms with Gasteiger partial charge in [-0.25, -0.2) is 0 Å². The number of nitrogens with zero attached hydrogens (tertiary/aromatic N) is 1. The van der Waals surface area contributed by atoms with Gasteiger partial charge in [0, 0.05) is 10.5 Å². The minimum absolute atomic E-state index is 0.0339. The molecule has 0 bridgehead atoms. The SMILES string of the molecule is O=[N+]([O-])c1cc(CO)cc(Br)c1C(F)(F)F. The number of benzene rings is 1. The van der Waals surface area contributed by atoms with Crippen molar-refractivity contribution in [2.75, 3.05) is 0 Å². The predicted molar refractivity (Wildman–Crippen MR) is 51.7 cm³/mol. The molecule has 0 spiro atoms. The minimum Gasteiger partial charge on any atom is -0.392 e. The summed E-state index contributed by atoms with van der Waals surface area (Å²) >= 11 is 2.61. The van der Waals surface area contributed by atoms with Crippen molar-refractivity contribution in [3.63, 3.8) is 0 Å². The van der Waals surface area contributed by atoms with Gasteiger partial charge in [0.05, 0.1) is 11.5 Å². The van der Waals surface area contributed by atoms with E-state index in [-0.39, 0.29) is 5.56 Å². The highest BCUT2D eigenvalue weighted by molar-refractivity contribution is 9.10. The molecule has 1 rings (SSSR count). The van der Waals surface area contributed by atoms with Crippen LogP contribution in [0.2, 0.25) is 0 Å². The molecule has 0 atom stereocenters. The van der Waals surface area contributed by atoms with Gasteiger partial charge in [-0.3, -0.25) is 10.1 Å². The average molecular weight is 300 g/mol. The summed E-state index contributed by atoms with van der Waals surface area (Å²) in [5, 5.41) is 19.2. The van der Waals surface area contributed by atoms with E-state index in [1.165, 1.54) is 0 Å². The highest BCUT2D eigenvalue weighted by atomic mass is 79.9. The van der Waals surface area contributed by atoms with Crippen LogP contribution in [0.25, 0.3) is 0 Å². The maximum absolute atomic E-state index is 12.5. The summed E-state index contributed by atoms with van der Waals surface area (Å²) in [5.41, 5.74) is -2.40. The van der Waals surface area contributed by atoms with Crippen LogP contribution in [0, 0.1) is 10.1 Å². The number of rotatable bonds is 2. The fourth-order valence-corrected chi connectivity index (χ4v) is 1.88. The molecule has 0 radical (unpaired) electrons. The Labute approximate surface area is 96.0 Å². The Bertz CT molecular complexity index is 433. The summed E-state index contributed by atoms with van der Waals surface area (Å²) in [5.74, 6) is 0. The number of aliphatic hydroxyl groups excluding tert-OH is 1. The molecule has 8 heteroatoms. The Kier molecular flexibility index (Phi) is 3.54. The summed E-state index contributed by atoms with van der Waals surface area (Å²) in [4.78, 5) is 9.36. The van der Waals surface area contributed by atoms with Crippen LogP contribution in [0.5, 0.6) is 0 Å². The normalized spacial score (nSPS) is 11.6. The van der Waals surface area contributed by atoms with Crippen LogP contribution in [0.4, 0.5) is 18.9 Å². The number of halogens is 4. The topological polar surface area (TPSA) is 63.4 Å². The zero-order valence-corrected chi connectivity index (χ0v) is 9.17. The van der Waals surface area contributed by atoms with Gasteiger partial charge in [-0.1, -0.05) is 0 Å². The fourth-order valence-electron chi connectivity index (χ4n) is 1.16. The van der Waals surface area contributed by atoms with E-state index >= 15 is 0 Å². The molecule has 1 aromatic rings. The number of nitro benzene ring substituents is 1. The quantitative estimate of drug-likeness (QED) is 0.674.